The summed E-state index contributed by atoms with van der Waals surface area (Å²) < 4.78 is 5.26. The zero-order valence-electron chi connectivity index (χ0n) is 11.5. The van der Waals surface area contributed by atoms with Crippen molar-refractivity contribution >= 4 is 17.0 Å². The lowest BCUT2D eigenvalue weighted by Gasteiger charge is -2.25. The Bertz CT molecular complexity index is 584. The Balaban J connectivity index is 2.00. The highest BCUT2D eigenvalue weighted by atomic mass is 16.3. The molecule has 0 unspecified atom stereocenters. The van der Waals surface area contributed by atoms with E-state index in [1.54, 1.807) is 25.8 Å². The molecule has 0 bridgehead atoms. The van der Waals surface area contributed by atoms with Crippen LogP contribution in [0.4, 0.5) is 0 Å². The molecule has 0 aliphatic carbocycles. The van der Waals surface area contributed by atoms with Gasteiger partial charge >= 0.3 is 0 Å². The van der Waals surface area contributed by atoms with Crippen LogP contribution < -0.4 is 5.73 Å². The number of hydrogen-bond donors (Lipinski definition) is 1. The van der Waals surface area contributed by atoms with Crippen LogP contribution in [0.25, 0.3) is 11.1 Å². The van der Waals surface area contributed by atoms with E-state index in [9.17, 15) is 4.79 Å². The number of benzene rings is 1. The molecular formula is C14H19N3O2. The standard InChI is InChI=1S/C14H19N3O2/c1-14(2,15)13(18)17(3)7-6-10-4-5-11-12(8-10)19-9-16-11/h4-5,8-9H,6-7,15H2,1-3H3. The highest BCUT2D eigenvalue weighted by Crippen LogP contribution is 2.15. The van der Waals surface area contributed by atoms with Gasteiger partial charge in [0.1, 0.15) is 5.52 Å². The molecule has 2 rings (SSSR count). The number of hydrogen-bond acceptors (Lipinski definition) is 4. The quantitative estimate of drug-likeness (QED) is 0.906. The number of fused-ring (bicyclic) bond motifs is 1. The average Bonchev–Trinajstić information content (AvgIpc) is 2.81. The van der Waals surface area contributed by atoms with E-state index < -0.39 is 5.54 Å². The van der Waals surface area contributed by atoms with Gasteiger partial charge in [0.25, 0.3) is 0 Å². The Kier molecular flexibility index (Phi) is 3.57. The van der Waals surface area contributed by atoms with Crippen molar-refractivity contribution in [3.63, 3.8) is 0 Å². The molecule has 0 aliphatic rings. The molecule has 19 heavy (non-hydrogen) atoms. The van der Waals surface area contributed by atoms with Gasteiger partial charge in [0.05, 0.1) is 5.54 Å². The number of aromatic nitrogens is 1. The van der Waals surface area contributed by atoms with Crippen molar-refractivity contribution in [1.82, 2.24) is 9.88 Å². The summed E-state index contributed by atoms with van der Waals surface area (Å²) in [5.41, 5.74) is 7.69. The van der Waals surface area contributed by atoms with Crippen molar-refractivity contribution in [2.45, 2.75) is 25.8 Å². The highest BCUT2D eigenvalue weighted by Gasteiger charge is 2.25. The Labute approximate surface area is 112 Å². The van der Waals surface area contributed by atoms with Gasteiger partial charge in [0.15, 0.2) is 12.0 Å². The third-order valence-corrected chi connectivity index (χ3v) is 3.03. The second-order valence-electron chi connectivity index (χ2n) is 5.35. The topological polar surface area (TPSA) is 72.4 Å². The first-order valence-electron chi connectivity index (χ1n) is 6.24. The SMILES string of the molecule is CN(CCc1ccc2ncoc2c1)C(=O)C(C)(C)N. The molecule has 2 N–H and O–H groups in total. The smallest absolute Gasteiger partial charge is 0.241 e. The minimum Gasteiger partial charge on any atom is -0.443 e. The van der Waals surface area contributed by atoms with Crippen LogP contribution in [0.2, 0.25) is 0 Å². The fourth-order valence-electron chi connectivity index (χ4n) is 1.95. The van der Waals surface area contributed by atoms with E-state index in [0.29, 0.717) is 6.54 Å². The molecule has 0 saturated heterocycles. The summed E-state index contributed by atoms with van der Waals surface area (Å²) in [6, 6.07) is 5.87. The van der Waals surface area contributed by atoms with Crippen LogP contribution in [0.1, 0.15) is 19.4 Å². The minimum atomic E-state index is -0.830. The number of likely N-dealkylation sites (N-methyl/N-ethyl adjacent to an activating group) is 1. The lowest BCUT2D eigenvalue weighted by molar-refractivity contribution is -0.134. The summed E-state index contributed by atoms with van der Waals surface area (Å²) >= 11 is 0. The molecule has 5 heteroatoms. The van der Waals surface area contributed by atoms with Crippen molar-refractivity contribution in [2.24, 2.45) is 5.73 Å². The molecule has 0 atom stereocenters. The molecule has 102 valence electrons. The first-order valence-corrected chi connectivity index (χ1v) is 6.24. The van der Waals surface area contributed by atoms with Crippen LogP contribution in [0.5, 0.6) is 0 Å². The number of carbonyl (C=O) groups excluding carboxylic acids is 1. The molecule has 0 radical (unpaired) electrons. The monoisotopic (exact) mass is 261 g/mol. The van der Waals surface area contributed by atoms with Gasteiger partial charge in [-0.1, -0.05) is 6.07 Å². The van der Waals surface area contributed by atoms with E-state index in [4.69, 9.17) is 10.2 Å². The predicted octanol–water partition coefficient (Wildman–Crippen LogP) is 1.57. The fraction of sp³-hybridized carbons (Fsp3) is 0.429. The Morgan fingerprint density at radius 3 is 2.89 bits per heavy atom. The van der Waals surface area contributed by atoms with Crippen molar-refractivity contribution < 1.29 is 9.21 Å². The van der Waals surface area contributed by atoms with Crippen molar-refractivity contribution in [3.05, 3.63) is 30.2 Å². The summed E-state index contributed by atoms with van der Waals surface area (Å²) in [6.07, 6.45) is 2.19. The summed E-state index contributed by atoms with van der Waals surface area (Å²) in [6.45, 7) is 4.05. The van der Waals surface area contributed by atoms with Crippen LogP contribution in [0.15, 0.2) is 29.0 Å². The molecule has 1 heterocycles. The summed E-state index contributed by atoms with van der Waals surface area (Å²) in [7, 11) is 1.77. The Hall–Kier alpha value is -1.88. The van der Waals surface area contributed by atoms with E-state index >= 15 is 0 Å². The molecule has 1 amide bonds. The number of carbonyl (C=O) groups is 1. The van der Waals surface area contributed by atoms with Gasteiger partial charge in [-0.25, -0.2) is 4.98 Å². The van der Waals surface area contributed by atoms with Gasteiger partial charge in [-0.3, -0.25) is 4.79 Å². The lowest BCUT2D eigenvalue weighted by Crippen LogP contribution is -2.50. The van der Waals surface area contributed by atoms with Gasteiger partial charge in [-0.05, 0) is 38.0 Å². The van der Waals surface area contributed by atoms with Crippen LogP contribution in [-0.4, -0.2) is 34.9 Å². The number of amides is 1. The van der Waals surface area contributed by atoms with Crippen LogP contribution in [0, 0.1) is 0 Å². The van der Waals surface area contributed by atoms with E-state index in [2.05, 4.69) is 4.98 Å². The van der Waals surface area contributed by atoms with E-state index in [1.165, 1.54) is 6.39 Å². The molecule has 0 fully saturated rings. The van der Waals surface area contributed by atoms with Gasteiger partial charge in [0, 0.05) is 13.6 Å². The molecule has 0 spiro atoms. The zero-order valence-corrected chi connectivity index (χ0v) is 11.5. The number of oxazole rings is 1. The number of nitrogens with zero attached hydrogens (tertiary/aromatic N) is 2. The van der Waals surface area contributed by atoms with E-state index in [-0.39, 0.29) is 5.91 Å². The second kappa shape index (κ2) is 5.01. The number of nitrogens with two attached hydrogens (primary N) is 1. The second-order valence-corrected chi connectivity index (χ2v) is 5.35. The minimum absolute atomic E-state index is 0.0618. The van der Waals surface area contributed by atoms with Gasteiger partial charge in [0.2, 0.25) is 5.91 Å². The summed E-state index contributed by atoms with van der Waals surface area (Å²) in [4.78, 5) is 17.7. The van der Waals surface area contributed by atoms with Crippen molar-refractivity contribution in [3.8, 4) is 0 Å². The maximum Gasteiger partial charge on any atom is 0.241 e. The third-order valence-electron chi connectivity index (χ3n) is 3.03. The van der Waals surface area contributed by atoms with Gasteiger partial charge in [-0.15, -0.1) is 0 Å². The zero-order chi connectivity index (χ0) is 14.0. The van der Waals surface area contributed by atoms with Crippen molar-refractivity contribution in [2.75, 3.05) is 13.6 Å². The maximum absolute atomic E-state index is 11.9. The summed E-state index contributed by atoms with van der Waals surface area (Å²) in [5, 5.41) is 0. The average molecular weight is 261 g/mol. The normalized spacial score (nSPS) is 11.8. The van der Waals surface area contributed by atoms with Gasteiger partial charge in [-0.2, -0.15) is 0 Å². The summed E-state index contributed by atoms with van der Waals surface area (Å²) in [5.74, 6) is -0.0618. The molecule has 2 aromatic rings. The first kappa shape index (κ1) is 13.5. The molecule has 0 saturated carbocycles. The molecule has 5 nitrogen and oxygen atoms in total. The van der Waals surface area contributed by atoms with Gasteiger partial charge < -0.3 is 15.1 Å². The molecule has 1 aromatic carbocycles. The Morgan fingerprint density at radius 1 is 1.47 bits per heavy atom. The number of rotatable bonds is 4. The molecular weight excluding hydrogens is 242 g/mol. The lowest BCUT2D eigenvalue weighted by atomic mass is 10.1. The highest BCUT2D eigenvalue weighted by molar-refractivity contribution is 5.85. The van der Waals surface area contributed by atoms with Crippen LogP contribution in [-0.2, 0) is 11.2 Å². The third kappa shape index (κ3) is 3.12. The molecule has 0 aliphatic heterocycles. The van der Waals surface area contributed by atoms with Crippen LogP contribution >= 0.6 is 0 Å². The largest absolute Gasteiger partial charge is 0.443 e. The van der Waals surface area contributed by atoms with E-state index in [0.717, 1.165) is 23.1 Å². The Morgan fingerprint density at radius 2 is 2.21 bits per heavy atom. The first-order chi connectivity index (χ1) is 8.88. The molecule has 1 aromatic heterocycles. The van der Waals surface area contributed by atoms with E-state index in [1.807, 2.05) is 18.2 Å². The predicted molar refractivity (Wildman–Crippen MR) is 73.6 cm³/mol. The van der Waals surface area contributed by atoms with Crippen LogP contribution in [0.3, 0.4) is 0 Å². The fourth-order valence-corrected chi connectivity index (χ4v) is 1.95. The maximum atomic E-state index is 11.9. The van der Waals surface area contributed by atoms with Crippen molar-refractivity contribution in [1.29, 1.82) is 0 Å².